The van der Waals surface area contributed by atoms with E-state index in [0.29, 0.717) is 53.8 Å². The molecular weight excluding hydrogens is 699 g/mol. The van der Waals surface area contributed by atoms with E-state index >= 15 is 0 Å². The molecule has 0 saturated carbocycles. The van der Waals surface area contributed by atoms with E-state index in [2.05, 4.69) is 77.9 Å². The molecule has 2 aliphatic rings. The van der Waals surface area contributed by atoms with E-state index in [4.69, 9.17) is 33.2 Å². The molecule has 0 unspecified atom stereocenters. The second-order valence-electron chi connectivity index (χ2n) is 13.7. The van der Waals surface area contributed by atoms with E-state index in [9.17, 15) is 9.59 Å². The molecule has 6 nitrogen and oxygen atoms in total. The molecule has 2 aliphatic heterocycles. The number of amides is 2. The lowest BCUT2D eigenvalue weighted by molar-refractivity contribution is -0.112. The number of likely N-dealkylation sites (N-methyl/N-ethyl adjacent to an activating group) is 2. The van der Waals surface area contributed by atoms with Crippen LogP contribution in [-0.4, -0.2) is 36.3 Å². The van der Waals surface area contributed by atoms with Crippen LogP contribution in [-0.2, 0) is 54.5 Å². The van der Waals surface area contributed by atoms with Gasteiger partial charge in [-0.15, -0.1) is 0 Å². The Bertz CT molecular complexity index is 2030. The molecule has 6 rings (SSSR count). The average molecular weight is 750 g/mol. The van der Waals surface area contributed by atoms with Gasteiger partial charge in [-0.2, -0.15) is 0 Å². The Morgan fingerprint density at radius 2 is 0.906 bits per heavy atom. The number of benzene rings is 4. The van der Waals surface area contributed by atoms with Crippen LogP contribution in [0, 0.1) is 0 Å². The van der Waals surface area contributed by atoms with Gasteiger partial charge < -0.3 is 9.80 Å². The number of aliphatic imine (C=N–C) groups is 2. The van der Waals surface area contributed by atoms with Crippen molar-refractivity contribution in [3.63, 3.8) is 0 Å². The molecule has 8 heteroatoms. The van der Waals surface area contributed by atoms with Crippen molar-refractivity contribution in [3.05, 3.63) is 114 Å². The van der Waals surface area contributed by atoms with Crippen LogP contribution in [0.2, 0.25) is 10.0 Å². The average Bonchev–Trinajstić information content (AvgIpc) is 3.60. The minimum Gasteiger partial charge on any atom is -0.307 e. The lowest BCUT2D eigenvalue weighted by Gasteiger charge is -2.19. The monoisotopic (exact) mass is 748 g/mol. The van der Waals surface area contributed by atoms with Gasteiger partial charge in [-0.25, -0.2) is 9.98 Å². The molecule has 0 atom stereocenters. The number of rotatable bonds is 12. The molecule has 0 radical (unpaired) electrons. The zero-order chi connectivity index (χ0) is 38.1. The summed E-state index contributed by atoms with van der Waals surface area (Å²) in [6, 6.07) is 16.7. The number of nitrogens with zero attached hydrogens (tertiary/aromatic N) is 4. The summed E-state index contributed by atoms with van der Waals surface area (Å²) in [5, 5.41) is 1.31. The summed E-state index contributed by atoms with van der Waals surface area (Å²) in [5.41, 5.74) is 14.3. The normalized spacial score (nSPS) is 15.4. The van der Waals surface area contributed by atoms with Crippen molar-refractivity contribution >= 4 is 69.2 Å². The summed E-state index contributed by atoms with van der Waals surface area (Å²) in [5.74, 6) is -0.156. The number of anilines is 2. The largest absolute Gasteiger partial charge is 0.307 e. The molecule has 4 aromatic rings. The van der Waals surface area contributed by atoms with Gasteiger partial charge in [0.15, 0.2) is 0 Å². The maximum absolute atomic E-state index is 13.7. The lowest BCUT2D eigenvalue weighted by Crippen LogP contribution is -2.29. The summed E-state index contributed by atoms with van der Waals surface area (Å²) < 4.78 is 0. The van der Waals surface area contributed by atoms with Crippen molar-refractivity contribution in [2.45, 2.75) is 100 Å². The van der Waals surface area contributed by atoms with Gasteiger partial charge in [-0.1, -0.05) is 89.0 Å². The quantitative estimate of drug-likeness (QED) is 0.145. The van der Waals surface area contributed by atoms with Crippen LogP contribution in [0.15, 0.2) is 58.5 Å². The third-order valence-electron chi connectivity index (χ3n) is 10.8. The zero-order valence-corrected chi connectivity index (χ0v) is 33.9. The van der Waals surface area contributed by atoms with Crippen LogP contribution in [0.1, 0.15) is 111 Å². The summed E-state index contributed by atoms with van der Waals surface area (Å²) in [6.45, 7) is 17.8. The molecule has 0 spiro atoms. The highest BCUT2D eigenvalue weighted by atomic mass is 35.5. The topological polar surface area (TPSA) is 65.3 Å². The van der Waals surface area contributed by atoms with Crippen LogP contribution in [0.5, 0.6) is 0 Å². The van der Waals surface area contributed by atoms with Gasteiger partial charge in [0.1, 0.15) is 11.4 Å². The van der Waals surface area contributed by atoms with Crippen molar-refractivity contribution < 1.29 is 9.59 Å². The van der Waals surface area contributed by atoms with E-state index < -0.39 is 0 Å². The van der Waals surface area contributed by atoms with E-state index in [1.165, 1.54) is 11.1 Å². The molecule has 0 saturated heterocycles. The third kappa shape index (κ3) is 6.74. The first-order chi connectivity index (χ1) is 25.6. The predicted molar refractivity (Wildman–Crippen MR) is 223 cm³/mol. The second-order valence-corrected chi connectivity index (χ2v) is 14.4. The van der Waals surface area contributed by atoms with E-state index in [0.717, 1.165) is 92.9 Å². The Morgan fingerprint density at radius 1 is 0.509 bits per heavy atom. The number of hydrogen-bond donors (Lipinski definition) is 0. The first-order valence-corrected chi connectivity index (χ1v) is 20.1. The summed E-state index contributed by atoms with van der Waals surface area (Å²) in [6.07, 6.45) is 5.06. The number of carbonyl (C=O) groups excluding carboxylic acids is 2. The number of aryl methyl sites for hydroxylation is 4. The molecule has 2 amide bonds. The smallest absolute Gasteiger partial charge is 0.277 e. The lowest BCUT2D eigenvalue weighted by atomic mass is 9.92. The van der Waals surface area contributed by atoms with Crippen LogP contribution in [0.3, 0.4) is 0 Å². The Hall–Kier alpha value is -4.26. The summed E-state index contributed by atoms with van der Waals surface area (Å²) in [7, 11) is 0. The molecular formula is C45H50Cl2N4O2. The highest BCUT2D eigenvalue weighted by Crippen LogP contribution is 2.42. The molecule has 0 fully saturated rings. The van der Waals surface area contributed by atoms with Crippen LogP contribution >= 0.6 is 23.2 Å². The highest BCUT2D eigenvalue weighted by Gasteiger charge is 2.35. The van der Waals surface area contributed by atoms with Crippen molar-refractivity contribution in [3.8, 4) is 0 Å². The first-order valence-electron chi connectivity index (χ1n) is 19.3. The first kappa shape index (κ1) is 38.5. The van der Waals surface area contributed by atoms with E-state index in [1.54, 1.807) is 9.80 Å². The van der Waals surface area contributed by atoms with Gasteiger partial charge in [-0.3, -0.25) is 9.59 Å². The Labute approximate surface area is 324 Å². The van der Waals surface area contributed by atoms with Gasteiger partial charge in [0.2, 0.25) is 0 Å². The van der Waals surface area contributed by atoms with Crippen LogP contribution < -0.4 is 9.80 Å². The van der Waals surface area contributed by atoms with Crippen molar-refractivity contribution in [2.75, 3.05) is 22.9 Å². The number of fused-ring (bicyclic) bond motifs is 2. The molecule has 0 N–H and O–H groups in total. The third-order valence-corrected chi connectivity index (χ3v) is 11.8. The molecule has 53 heavy (non-hydrogen) atoms. The van der Waals surface area contributed by atoms with Crippen LogP contribution in [0.25, 0.3) is 0 Å². The van der Waals surface area contributed by atoms with Gasteiger partial charge in [-0.05, 0) is 121 Å². The summed E-state index contributed by atoms with van der Waals surface area (Å²) in [4.78, 5) is 41.4. The van der Waals surface area contributed by atoms with E-state index in [-0.39, 0.29) is 11.8 Å². The maximum atomic E-state index is 13.7. The Kier molecular flexibility index (Phi) is 11.6. The van der Waals surface area contributed by atoms with Crippen molar-refractivity contribution in [2.24, 2.45) is 9.98 Å². The van der Waals surface area contributed by atoms with Gasteiger partial charge in [0.25, 0.3) is 11.8 Å². The van der Waals surface area contributed by atoms with E-state index in [1.807, 2.05) is 26.0 Å². The highest BCUT2D eigenvalue weighted by molar-refractivity contribution is 6.55. The minimum atomic E-state index is -0.0781. The number of hydrogen-bond acceptors (Lipinski definition) is 4. The second kappa shape index (κ2) is 16.0. The molecule has 0 aliphatic carbocycles. The number of halogens is 2. The van der Waals surface area contributed by atoms with Gasteiger partial charge in [0.05, 0.1) is 22.7 Å². The standard InChI is InChI=1S/C45H50Cl2N4O2/c1-9-26-17-19-36-34(21-26)42(44(52)50(36)15-7)48-40-28(11-3)23-30(38(46)32(40)13-5)25-31-24-29(12-4)41(33(14-6)39(31)47)49-43-35-22-27(10-2)18-20-37(35)51(16-8)45(43)53/h17-24H,9-16,25H2,1-8H3. The number of carbonyl (C=O) groups is 2. The van der Waals surface area contributed by atoms with Gasteiger partial charge in [0, 0.05) is 40.7 Å². The van der Waals surface area contributed by atoms with Crippen molar-refractivity contribution in [1.82, 2.24) is 0 Å². The zero-order valence-electron chi connectivity index (χ0n) is 32.3. The summed E-state index contributed by atoms with van der Waals surface area (Å²) >= 11 is 14.6. The fraction of sp³-hybridized carbons (Fsp3) is 0.378. The molecule has 0 bridgehead atoms. The molecule has 2 heterocycles. The predicted octanol–water partition coefficient (Wildman–Crippen LogP) is 10.9. The fourth-order valence-electron chi connectivity index (χ4n) is 7.82. The Morgan fingerprint density at radius 3 is 1.23 bits per heavy atom. The SMILES string of the molecule is CCc1ccc2c(c1)C(=Nc1c(CC)cc(Cc3cc(CC)c(N=C4C(=O)N(CC)c5ccc(CC)cc54)c(CC)c3Cl)c(Cl)c1CC)C(=O)N2CC. The Balaban J connectivity index is 1.45. The van der Waals surface area contributed by atoms with Crippen molar-refractivity contribution in [1.29, 1.82) is 0 Å². The molecule has 276 valence electrons. The van der Waals surface area contributed by atoms with Gasteiger partial charge >= 0.3 is 0 Å². The maximum Gasteiger partial charge on any atom is 0.277 e. The van der Waals surface area contributed by atoms with Crippen LogP contribution in [0.4, 0.5) is 22.7 Å². The molecule has 4 aromatic carbocycles. The fourth-order valence-corrected chi connectivity index (χ4v) is 8.51. The molecule has 0 aromatic heterocycles. The minimum absolute atomic E-state index is 0.0781.